The van der Waals surface area contributed by atoms with Crippen LogP contribution in [0.25, 0.3) is 0 Å². The lowest BCUT2D eigenvalue weighted by Crippen LogP contribution is -2.48. The van der Waals surface area contributed by atoms with Crippen LogP contribution in [0.3, 0.4) is 0 Å². The molecule has 0 aromatic rings. The maximum atomic E-state index is 9.12. The number of hydrogen-bond donors (Lipinski definition) is 2. The van der Waals surface area contributed by atoms with Crippen molar-refractivity contribution in [2.24, 2.45) is 16.7 Å². The fourth-order valence-corrected chi connectivity index (χ4v) is 3.85. The highest BCUT2D eigenvalue weighted by molar-refractivity contribution is 5.13. The maximum absolute atomic E-state index is 9.12. The lowest BCUT2D eigenvalue weighted by molar-refractivity contribution is 0.109. The zero-order valence-electron chi connectivity index (χ0n) is 10.5. The second kappa shape index (κ2) is 3.46. The molecule has 0 aliphatic heterocycles. The molecule has 0 saturated heterocycles. The maximum Gasteiger partial charge on any atom is 0.0582 e. The van der Waals surface area contributed by atoms with Crippen LogP contribution in [-0.2, 0) is 0 Å². The highest BCUT2D eigenvalue weighted by atomic mass is 16.3. The third-order valence-corrected chi connectivity index (χ3v) is 5.55. The van der Waals surface area contributed by atoms with Crippen molar-refractivity contribution in [1.82, 2.24) is 5.32 Å². The normalized spacial score (nSPS) is 44.6. The lowest BCUT2D eigenvalue weighted by atomic mass is 9.69. The average molecular weight is 211 g/mol. The fourth-order valence-electron chi connectivity index (χ4n) is 3.85. The molecule has 0 amide bonds. The Morgan fingerprint density at radius 1 is 1.40 bits per heavy atom. The van der Waals surface area contributed by atoms with Gasteiger partial charge in [-0.25, -0.2) is 0 Å². The Morgan fingerprint density at radius 2 is 2.07 bits per heavy atom. The van der Waals surface area contributed by atoms with E-state index in [1.807, 2.05) is 0 Å². The summed E-state index contributed by atoms with van der Waals surface area (Å²) in [6, 6.07) is 0.843. The molecule has 2 aliphatic rings. The third-order valence-electron chi connectivity index (χ3n) is 5.55. The van der Waals surface area contributed by atoms with Gasteiger partial charge in [0.25, 0.3) is 0 Å². The largest absolute Gasteiger partial charge is 0.395 e. The van der Waals surface area contributed by atoms with E-state index in [0.717, 1.165) is 5.92 Å². The van der Waals surface area contributed by atoms with Crippen molar-refractivity contribution < 1.29 is 5.11 Å². The second-order valence-corrected chi connectivity index (χ2v) is 6.41. The van der Waals surface area contributed by atoms with Gasteiger partial charge < -0.3 is 10.4 Å². The zero-order chi connectivity index (χ0) is 11.3. The molecule has 2 rings (SSSR count). The fraction of sp³-hybridized carbons (Fsp3) is 1.00. The molecule has 2 aliphatic carbocycles. The summed E-state index contributed by atoms with van der Waals surface area (Å²) in [7, 11) is 0. The molecule has 2 fully saturated rings. The molecule has 2 nitrogen and oxygen atoms in total. The molecule has 88 valence electrons. The summed E-state index contributed by atoms with van der Waals surface area (Å²) in [4.78, 5) is 0. The van der Waals surface area contributed by atoms with E-state index < -0.39 is 0 Å². The first-order valence-corrected chi connectivity index (χ1v) is 6.28. The summed E-state index contributed by atoms with van der Waals surface area (Å²) in [5.41, 5.74) is 0.904. The Labute approximate surface area is 93.5 Å². The number of rotatable bonds is 3. The van der Waals surface area contributed by atoms with E-state index in [2.05, 4.69) is 33.0 Å². The molecule has 0 spiro atoms. The molecular formula is C13H25NO. The van der Waals surface area contributed by atoms with Crippen LogP contribution in [0.5, 0.6) is 0 Å². The summed E-state index contributed by atoms with van der Waals surface area (Å²) < 4.78 is 0. The Kier molecular flexibility index (Phi) is 2.63. The molecule has 2 saturated carbocycles. The number of hydrogen-bond acceptors (Lipinski definition) is 2. The van der Waals surface area contributed by atoms with Gasteiger partial charge in [0.1, 0.15) is 0 Å². The number of aliphatic hydroxyl groups excluding tert-OH is 1. The van der Waals surface area contributed by atoms with Gasteiger partial charge in [-0.2, -0.15) is 0 Å². The Morgan fingerprint density at radius 3 is 2.47 bits per heavy atom. The molecular weight excluding hydrogens is 186 g/mol. The van der Waals surface area contributed by atoms with Crippen molar-refractivity contribution in [3.8, 4) is 0 Å². The van der Waals surface area contributed by atoms with Crippen LogP contribution in [0.1, 0.15) is 47.0 Å². The van der Waals surface area contributed by atoms with Crippen LogP contribution in [0, 0.1) is 16.7 Å². The second-order valence-electron chi connectivity index (χ2n) is 6.41. The van der Waals surface area contributed by atoms with Gasteiger partial charge in [0.2, 0.25) is 0 Å². The van der Waals surface area contributed by atoms with Gasteiger partial charge in [0.15, 0.2) is 0 Å². The van der Waals surface area contributed by atoms with E-state index in [0.29, 0.717) is 16.9 Å². The monoisotopic (exact) mass is 211 g/mol. The minimum Gasteiger partial charge on any atom is -0.395 e. The lowest BCUT2D eigenvalue weighted by Gasteiger charge is -2.40. The van der Waals surface area contributed by atoms with Gasteiger partial charge in [-0.3, -0.25) is 0 Å². The molecule has 2 heteroatoms. The third kappa shape index (κ3) is 1.45. The van der Waals surface area contributed by atoms with Crippen molar-refractivity contribution in [2.45, 2.75) is 59.0 Å². The van der Waals surface area contributed by atoms with Crippen molar-refractivity contribution in [1.29, 1.82) is 0 Å². The van der Waals surface area contributed by atoms with Crippen molar-refractivity contribution >= 4 is 0 Å². The van der Waals surface area contributed by atoms with E-state index in [1.54, 1.807) is 0 Å². The Hall–Kier alpha value is -0.0800. The molecule has 2 bridgehead atoms. The molecule has 0 aromatic heterocycles. The first kappa shape index (κ1) is 11.4. The van der Waals surface area contributed by atoms with E-state index in [4.69, 9.17) is 5.11 Å². The SMILES string of the molecule is C[C@H](CO)N[C@@H]1C[C@H]2CC[C@@]1(C)C2(C)C. The summed E-state index contributed by atoms with van der Waals surface area (Å²) in [6.45, 7) is 9.60. The van der Waals surface area contributed by atoms with Gasteiger partial charge in [0, 0.05) is 12.1 Å². The minimum absolute atomic E-state index is 0.238. The summed E-state index contributed by atoms with van der Waals surface area (Å²) >= 11 is 0. The standard InChI is InChI=1S/C13H25NO/c1-9(8-15)14-11-7-10-5-6-13(11,4)12(10,2)3/h9-11,14-15H,5-8H2,1-4H3/t9-,10-,11-,13-/m1/s1. The molecule has 0 aromatic carbocycles. The quantitative estimate of drug-likeness (QED) is 0.750. The molecule has 0 radical (unpaired) electrons. The van der Waals surface area contributed by atoms with E-state index >= 15 is 0 Å². The average Bonchev–Trinajstić information content (AvgIpc) is 2.50. The number of nitrogens with one attached hydrogen (secondary N) is 1. The van der Waals surface area contributed by atoms with E-state index in [-0.39, 0.29) is 12.6 Å². The smallest absolute Gasteiger partial charge is 0.0582 e. The highest BCUT2D eigenvalue weighted by Gasteiger charge is 2.61. The molecule has 2 N–H and O–H groups in total. The summed E-state index contributed by atoms with van der Waals surface area (Å²) in [5.74, 6) is 0.880. The van der Waals surface area contributed by atoms with Crippen molar-refractivity contribution in [2.75, 3.05) is 6.61 Å². The topological polar surface area (TPSA) is 32.3 Å². The predicted molar refractivity (Wildman–Crippen MR) is 62.7 cm³/mol. The van der Waals surface area contributed by atoms with Gasteiger partial charge in [-0.05, 0) is 42.9 Å². The van der Waals surface area contributed by atoms with Crippen LogP contribution >= 0.6 is 0 Å². The summed E-state index contributed by atoms with van der Waals surface area (Å²) in [5, 5.41) is 12.7. The van der Waals surface area contributed by atoms with Crippen LogP contribution < -0.4 is 5.32 Å². The molecule has 0 unspecified atom stereocenters. The Balaban J connectivity index is 2.12. The van der Waals surface area contributed by atoms with Gasteiger partial charge >= 0.3 is 0 Å². The first-order chi connectivity index (χ1) is 6.91. The first-order valence-electron chi connectivity index (χ1n) is 6.28. The van der Waals surface area contributed by atoms with Crippen LogP contribution in [0.4, 0.5) is 0 Å². The van der Waals surface area contributed by atoms with Gasteiger partial charge in [0.05, 0.1) is 6.61 Å². The zero-order valence-corrected chi connectivity index (χ0v) is 10.5. The minimum atomic E-state index is 0.238. The van der Waals surface area contributed by atoms with Crippen molar-refractivity contribution in [3.63, 3.8) is 0 Å². The molecule has 4 atom stereocenters. The van der Waals surface area contributed by atoms with E-state index in [1.165, 1.54) is 19.3 Å². The van der Waals surface area contributed by atoms with Crippen LogP contribution in [0.15, 0.2) is 0 Å². The molecule has 15 heavy (non-hydrogen) atoms. The number of fused-ring (bicyclic) bond motifs is 2. The van der Waals surface area contributed by atoms with Gasteiger partial charge in [-0.1, -0.05) is 20.8 Å². The van der Waals surface area contributed by atoms with Crippen LogP contribution in [0.2, 0.25) is 0 Å². The molecule has 0 heterocycles. The van der Waals surface area contributed by atoms with Gasteiger partial charge in [-0.15, -0.1) is 0 Å². The van der Waals surface area contributed by atoms with E-state index in [9.17, 15) is 0 Å². The summed E-state index contributed by atoms with van der Waals surface area (Å²) in [6.07, 6.45) is 4.05. The van der Waals surface area contributed by atoms with Crippen LogP contribution in [-0.4, -0.2) is 23.8 Å². The Bertz CT molecular complexity index is 251. The highest BCUT2D eigenvalue weighted by Crippen LogP contribution is 2.65. The predicted octanol–water partition coefficient (Wildman–Crippen LogP) is 2.17. The van der Waals surface area contributed by atoms with Crippen molar-refractivity contribution in [3.05, 3.63) is 0 Å². The number of aliphatic hydroxyl groups is 1.